The van der Waals surface area contributed by atoms with Crippen LogP contribution in [-0.2, 0) is 4.74 Å². The molecule has 1 amide bonds. The fraction of sp³-hybridized carbons (Fsp3) is 0.130. The molecule has 4 rings (SSSR count). The highest BCUT2D eigenvalue weighted by atomic mass is 16.6. The molecule has 0 fully saturated rings. The Kier molecular flexibility index (Phi) is 4.91. The van der Waals surface area contributed by atoms with Gasteiger partial charge in [0, 0.05) is 11.1 Å². The van der Waals surface area contributed by atoms with Crippen molar-refractivity contribution in [3.63, 3.8) is 0 Å². The molecule has 0 unspecified atom stereocenters. The van der Waals surface area contributed by atoms with Crippen molar-refractivity contribution in [2.75, 3.05) is 19.1 Å². The molecule has 6 heteroatoms. The summed E-state index contributed by atoms with van der Waals surface area (Å²) in [7, 11) is 3.14. The van der Waals surface area contributed by atoms with Gasteiger partial charge in [-0.3, -0.25) is 9.69 Å². The summed E-state index contributed by atoms with van der Waals surface area (Å²) in [6.07, 6.45) is -0.891. The van der Waals surface area contributed by atoms with Gasteiger partial charge >= 0.3 is 5.97 Å². The molecular formula is C23H19NO5. The molecule has 0 saturated heterocycles. The summed E-state index contributed by atoms with van der Waals surface area (Å²) >= 11 is 0. The maximum Gasteiger partial charge on any atom is 0.342 e. The number of hydrogen-bond acceptors (Lipinski definition) is 5. The Morgan fingerprint density at radius 1 is 0.862 bits per heavy atom. The summed E-state index contributed by atoms with van der Waals surface area (Å²) < 4.78 is 16.0. The van der Waals surface area contributed by atoms with Crippen molar-refractivity contribution in [2.24, 2.45) is 0 Å². The van der Waals surface area contributed by atoms with Crippen LogP contribution in [0.4, 0.5) is 5.69 Å². The van der Waals surface area contributed by atoms with Crippen molar-refractivity contribution >= 4 is 17.6 Å². The molecule has 146 valence electrons. The summed E-state index contributed by atoms with van der Waals surface area (Å²) in [6, 6.07) is 20.8. The van der Waals surface area contributed by atoms with Gasteiger partial charge in [0.25, 0.3) is 5.91 Å². The van der Waals surface area contributed by atoms with Gasteiger partial charge in [0.1, 0.15) is 11.5 Å². The van der Waals surface area contributed by atoms with Crippen molar-refractivity contribution in [1.82, 2.24) is 0 Å². The monoisotopic (exact) mass is 389 g/mol. The van der Waals surface area contributed by atoms with E-state index in [-0.39, 0.29) is 5.91 Å². The number of methoxy groups -OCH3 is 2. The van der Waals surface area contributed by atoms with Crippen LogP contribution < -0.4 is 14.4 Å². The molecule has 1 aliphatic heterocycles. The van der Waals surface area contributed by atoms with Crippen LogP contribution in [0.15, 0.2) is 72.8 Å². The number of amides is 1. The van der Waals surface area contributed by atoms with Crippen LogP contribution in [0.1, 0.15) is 32.5 Å². The number of ether oxygens (including phenoxy) is 3. The maximum absolute atomic E-state index is 13.4. The number of anilines is 1. The first-order valence-electron chi connectivity index (χ1n) is 9.04. The van der Waals surface area contributed by atoms with Gasteiger partial charge in [0.15, 0.2) is 0 Å². The summed E-state index contributed by atoms with van der Waals surface area (Å²) in [6.45, 7) is 0. The average Bonchev–Trinajstić information content (AvgIpc) is 2.79. The molecular weight excluding hydrogens is 370 g/mol. The Labute approximate surface area is 168 Å². The average molecular weight is 389 g/mol. The number of carbonyl (C=O) groups excluding carboxylic acids is 2. The molecule has 0 radical (unpaired) electrons. The lowest BCUT2D eigenvalue weighted by molar-refractivity contribution is 0.0249. The van der Waals surface area contributed by atoms with Crippen molar-refractivity contribution in [2.45, 2.75) is 6.23 Å². The quantitative estimate of drug-likeness (QED) is 0.625. The third-order valence-electron chi connectivity index (χ3n) is 4.79. The Morgan fingerprint density at radius 2 is 1.45 bits per heavy atom. The smallest absolute Gasteiger partial charge is 0.342 e. The summed E-state index contributed by atoms with van der Waals surface area (Å²) in [5.41, 5.74) is 1.97. The van der Waals surface area contributed by atoms with Gasteiger partial charge in [-0.15, -0.1) is 0 Å². The first kappa shape index (κ1) is 18.6. The number of hydrogen-bond donors (Lipinski definition) is 0. The predicted molar refractivity (Wildman–Crippen MR) is 107 cm³/mol. The van der Waals surface area contributed by atoms with Gasteiger partial charge in [0.2, 0.25) is 6.23 Å². The highest BCUT2D eigenvalue weighted by Crippen LogP contribution is 2.38. The number of carbonyl (C=O) groups is 2. The van der Waals surface area contributed by atoms with E-state index >= 15 is 0 Å². The molecule has 0 aromatic heterocycles. The van der Waals surface area contributed by atoms with Crippen molar-refractivity contribution in [3.05, 3.63) is 89.5 Å². The molecule has 1 atom stereocenters. The van der Waals surface area contributed by atoms with Crippen LogP contribution in [0.25, 0.3) is 0 Å². The first-order valence-corrected chi connectivity index (χ1v) is 9.04. The second-order valence-electron chi connectivity index (χ2n) is 6.45. The van der Waals surface area contributed by atoms with Crippen molar-refractivity contribution in [3.8, 4) is 11.5 Å². The summed E-state index contributed by atoms with van der Waals surface area (Å²) in [5.74, 6) is 0.566. The predicted octanol–water partition coefficient (Wildman–Crippen LogP) is 4.22. The molecule has 0 bridgehead atoms. The van der Waals surface area contributed by atoms with Crippen LogP contribution in [0.2, 0.25) is 0 Å². The van der Waals surface area contributed by atoms with Gasteiger partial charge in [-0.05, 0) is 60.7 Å². The molecule has 0 spiro atoms. The lowest BCUT2D eigenvalue weighted by atomic mass is 10.0. The molecule has 0 saturated carbocycles. The Hall–Kier alpha value is -3.80. The van der Waals surface area contributed by atoms with E-state index in [1.807, 2.05) is 0 Å². The number of fused-ring (bicyclic) bond motifs is 1. The minimum absolute atomic E-state index is 0.284. The molecule has 1 aliphatic rings. The largest absolute Gasteiger partial charge is 0.497 e. The van der Waals surface area contributed by atoms with E-state index in [0.717, 1.165) is 0 Å². The molecule has 6 nitrogen and oxygen atoms in total. The van der Waals surface area contributed by atoms with Gasteiger partial charge < -0.3 is 14.2 Å². The zero-order valence-corrected chi connectivity index (χ0v) is 16.0. The number of cyclic esters (lactones) is 1. The van der Waals surface area contributed by atoms with Gasteiger partial charge in [-0.25, -0.2) is 4.79 Å². The molecule has 29 heavy (non-hydrogen) atoms. The van der Waals surface area contributed by atoms with Crippen molar-refractivity contribution in [1.29, 1.82) is 0 Å². The lowest BCUT2D eigenvalue weighted by Gasteiger charge is -2.36. The highest BCUT2D eigenvalue weighted by Gasteiger charge is 2.38. The topological polar surface area (TPSA) is 65.1 Å². The number of rotatable bonds is 4. The first-order chi connectivity index (χ1) is 14.1. The number of benzene rings is 3. The zero-order chi connectivity index (χ0) is 20.4. The Bertz CT molecular complexity index is 1040. The normalized spacial score (nSPS) is 15.3. The van der Waals surface area contributed by atoms with Crippen LogP contribution in [-0.4, -0.2) is 26.1 Å². The number of esters is 1. The minimum Gasteiger partial charge on any atom is -0.497 e. The highest BCUT2D eigenvalue weighted by molar-refractivity contribution is 6.11. The molecule has 0 N–H and O–H groups in total. The summed E-state index contributed by atoms with van der Waals surface area (Å²) in [4.78, 5) is 27.5. The number of nitrogens with zero attached hydrogens (tertiary/aromatic N) is 1. The number of para-hydroxylation sites is 1. The standard InChI is InChI=1S/C23H19NO5/c1-27-17-11-7-15(8-12-17)21(25)24-20-6-4-3-5-19(20)23(26)29-22(24)16-9-13-18(28-2)14-10-16/h3-14,22H,1-2H3/t22-/m1/s1. The van der Waals surface area contributed by atoms with E-state index in [1.165, 1.54) is 4.90 Å². The van der Waals surface area contributed by atoms with E-state index in [4.69, 9.17) is 14.2 Å². The third-order valence-corrected chi connectivity index (χ3v) is 4.79. The Morgan fingerprint density at radius 3 is 2.07 bits per heavy atom. The van der Waals surface area contributed by atoms with Gasteiger partial charge in [-0.2, -0.15) is 0 Å². The molecule has 0 aliphatic carbocycles. The molecule has 3 aromatic carbocycles. The minimum atomic E-state index is -0.891. The van der Waals surface area contributed by atoms with Crippen LogP contribution in [0.5, 0.6) is 11.5 Å². The van der Waals surface area contributed by atoms with Crippen LogP contribution in [0.3, 0.4) is 0 Å². The maximum atomic E-state index is 13.4. The van der Waals surface area contributed by atoms with Crippen molar-refractivity contribution < 1.29 is 23.8 Å². The molecule has 3 aromatic rings. The van der Waals surface area contributed by atoms with E-state index < -0.39 is 12.2 Å². The second-order valence-corrected chi connectivity index (χ2v) is 6.45. The third kappa shape index (κ3) is 3.40. The van der Waals surface area contributed by atoms with Crippen LogP contribution in [0, 0.1) is 0 Å². The van der Waals surface area contributed by atoms with E-state index in [9.17, 15) is 9.59 Å². The van der Waals surface area contributed by atoms with E-state index in [2.05, 4.69) is 0 Å². The summed E-state index contributed by atoms with van der Waals surface area (Å²) in [5, 5.41) is 0. The van der Waals surface area contributed by atoms with Crippen LogP contribution >= 0.6 is 0 Å². The zero-order valence-electron chi connectivity index (χ0n) is 16.0. The van der Waals surface area contributed by atoms with Gasteiger partial charge in [-0.1, -0.05) is 12.1 Å². The van der Waals surface area contributed by atoms with E-state index in [1.54, 1.807) is 87.0 Å². The fourth-order valence-corrected chi connectivity index (χ4v) is 3.27. The fourth-order valence-electron chi connectivity index (χ4n) is 3.27. The Balaban J connectivity index is 1.80. The SMILES string of the molecule is COc1ccc(C(=O)N2c3ccccc3C(=O)O[C@@H]2c2ccc(OC)cc2)cc1. The lowest BCUT2D eigenvalue weighted by Crippen LogP contribution is -2.41. The van der Waals surface area contributed by atoms with E-state index in [0.29, 0.717) is 33.9 Å². The van der Waals surface area contributed by atoms with Gasteiger partial charge in [0.05, 0.1) is 25.5 Å². The second kappa shape index (κ2) is 7.67. The molecule has 1 heterocycles.